The maximum atomic E-state index is 13.2. The first-order valence-corrected chi connectivity index (χ1v) is 13.9. The molecule has 12 heteroatoms. The van der Waals surface area contributed by atoms with Crippen LogP contribution in [0.4, 0.5) is 4.79 Å². The summed E-state index contributed by atoms with van der Waals surface area (Å²) in [5.41, 5.74) is 0.807. The molecule has 1 aliphatic heterocycles. The summed E-state index contributed by atoms with van der Waals surface area (Å²) in [6, 6.07) is 14.0. The molecule has 3 rings (SSSR count). The predicted octanol–water partition coefficient (Wildman–Crippen LogP) is 2.19. The summed E-state index contributed by atoms with van der Waals surface area (Å²) in [6.45, 7) is 4.12. The molecule has 1 aliphatic rings. The van der Waals surface area contributed by atoms with Crippen LogP contribution in [0, 0.1) is 0 Å². The minimum atomic E-state index is -4.11. The van der Waals surface area contributed by atoms with Gasteiger partial charge in [0.2, 0.25) is 10.0 Å². The number of aliphatic hydroxyl groups excluding tert-OH is 1. The van der Waals surface area contributed by atoms with Gasteiger partial charge < -0.3 is 34.1 Å². The van der Waals surface area contributed by atoms with E-state index in [1.54, 1.807) is 6.92 Å². The second-order valence-corrected chi connectivity index (χ2v) is 10.6. The largest absolute Gasteiger partial charge is 0.497 e. The average Bonchev–Trinajstić information content (AvgIpc) is 2.92. The first kappa shape index (κ1) is 29.8. The van der Waals surface area contributed by atoms with Crippen molar-refractivity contribution in [2.45, 2.75) is 62.2 Å². The topological polar surface area (TPSA) is 142 Å². The van der Waals surface area contributed by atoms with Crippen molar-refractivity contribution in [3.63, 3.8) is 0 Å². The number of nitrogens with one attached hydrogen (secondary N) is 2. The van der Waals surface area contributed by atoms with Crippen molar-refractivity contribution in [1.82, 2.24) is 10.0 Å². The standard InChI is InChI=1S/C26H36N2O9S/c1-4-18(2)36-25(28-38(31,32)22-12-10-20(33-3)11-13-22)24(29)23(14-19-8-6-5-7-9-19)27-26(30)37-21-15-34-17-35-16-21/h5-13,18,21,23-25,28-29H,4,14-17H2,1-3H3,(H,27,30)/t18?,23-,24+,25?/m0/s1. The van der Waals surface area contributed by atoms with E-state index in [9.17, 15) is 18.3 Å². The molecule has 1 fully saturated rings. The van der Waals surface area contributed by atoms with Gasteiger partial charge in [0.15, 0.2) is 6.10 Å². The van der Waals surface area contributed by atoms with E-state index < -0.39 is 46.7 Å². The molecule has 2 aromatic carbocycles. The van der Waals surface area contributed by atoms with E-state index in [1.807, 2.05) is 37.3 Å². The normalized spacial score (nSPS) is 17.7. The Morgan fingerprint density at radius 1 is 1.11 bits per heavy atom. The number of sulfonamides is 1. The third kappa shape index (κ3) is 8.93. The number of carbonyl (C=O) groups excluding carboxylic acids is 1. The van der Waals surface area contributed by atoms with E-state index in [0.717, 1.165) is 5.56 Å². The van der Waals surface area contributed by atoms with Gasteiger partial charge in [0.25, 0.3) is 0 Å². The number of amides is 1. The van der Waals surface area contributed by atoms with Crippen LogP contribution in [0.25, 0.3) is 0 Å². The maximum Gasteiger partial charge on any atom is 0.407 e. The molecule has 2 unspecified atom stereocenters. The van der Waals surface area contributed by atoms with Crippen molar-refractivity contribution in [2.75, 3.05) is 27.1 Å². The highest BCUT2D eigenvalue weighted by atomic mass is 32.2. The Balaban J connectivity index is 1.83. The number of rotatable bonds is 13. The minimum absolute atomic E-state index is 0.0347. The summed E-state index contributed by atoms with van der Waals surface area (Å²) in [4.78, 5) is 12.7. The fourth-order valence-corrected chi connectivity index (χ4v) is 4.84. The third-order valence-corrected chi connectivity index (χ3v) is 7.40. The number of benzene rings is 2. The Bertz CT molecular complexity index is 1090. The Kier molecular flexibility index (Phi) is 11.3. The molecule has 0 spiro atoms. The molecule has 11 nitrogen and oxygen atoms in total. The molecule has 4 atom stereocenters. The molecule has 38 heavy (non-hydrogen) atoms. The van der Waals surface area contributed by atoms with Gasteiger partial charge in [-0.3, -0.25) is 0 Å². The van der Waals surface area contributed by atoms with Crippen LogP contribution < -0.4 is 14.8 Å². The first-order valence-electron chi connectivity index (χ1n) is 12.4. The predicted molar refractivity (Wildman–Crippen MR) is 138 cm³/mol. The average molecular weight is 553 g/mol. The molecule has 2 aromatic rings. The van der Waals surface area contributed by atoms with Crippen molar-refractivity contribution in [3.8, 4) is 5.75 Å². The number of ether oxygens (including phenoxy) is 5. The van der Waals surface area contributed by atoms with Gasteiger partial charge in [-0.15, -0.1) is 0 Å². The van der Waals surface area contributed by atoms with E-state index in [0.29, 0.717) is 12.2 Å². The van der Waals surface area contributed by atoms with Gasteiger partial charge >= 0.3 is 6.09 Å². The lowest BCUT2D eigenvalue weighted by atomic mass is 10.0. The van der Waals surface area contributed by atoms with Crippen LogP contribution in [0.1, 0.15) is 25.8 Å². The zero-order valence-corrected chi connectivity index (χ0v) is 22.6. The van der Waals surface area contributed by atoms with Crippen LogP contribution in [0.15, 0.2) is 59.5 Å². The van der Waals surface area contributed by atoms with Gasteiger partial charge in [0.1, 0.15) is 24.9 Å². The van der Waals surface area contributed by atoms with E-state index >= 15 is 0 Å². The third-order valence-electron chi connectivity index (χ3n) is 5.97. The van der Waals surface area contributed by atoms with Crippen LogP contribution in [-0.4, -0.2) is 77.3 Å². The number of aliphatic hydroxyl groups is 1. The van der Waals surface area contributed by atoms with Crippen molar-refractivity contribution < 1.29 is 42.0 Å². The monoisotopic (exact) mass is 552 g/mol. The van der Waals surface area contributed by atoms with Crippen molar-refractivity contribution in [1.29, 1.82) is 0 Å². The van der Waals surface area contributed by atoms with Crippen molar-refractivity contribution in [3.05, 3.63) is 60.2 Å². The van der Waals surface area contributed by atoms with Gasteiger partial charge in [0, 0.05) is 0 Å². The molecule has 0 bridgehead atoms. The smallest absolute Gasteiger partial charge is 0.407 e. The van der Waals surface area contributed by atoms with Crippen LogP contribution in [0.5, 0.6) is 5.75 Å². The molecule has 1 saturated heterocycles. The van der Waals surface area contributed by atoms with E-state index in [1.165, 1.54) is 31.4 Å². The fraction of sp³-hybridized carbons (Fsp3) is 0.500. The van der Waals surface area contributed by atoms with Gasteiger partial charge in [-0.25, -0.2) is 13.2 Å². The number of hydrogen-bond acceptors (Lipinski definition) is 9. The molecule has 1 amide bonds. The molecule has 0 radical (unpaired) electrons. The van der Waals surface area contributed by atoms with Gasteiger partial charge in [-0.05, 0) is 49.6 Å². The SMILES string of the molecule is CCC(C)OC(NS(=O)(=O)c1ccc(OC)cc1)[C@H](O)[C@H](Cc1ccccc1)NC(=O)OC1COCOC1. The number of hydrogen-bond donors (Lipinski definition) is 3. The van der Waals surface area contributed by atoms with Gasteiger partial charge in [0.05, 0.1) is 37.4 Å². The minimum Gasteiger partial charge on any atom is -0.497 e. The van der Waals surface area contributed by atoms with E-state index in [4.69, 9.17) is 23.7 Å². The molecule has 3 N–H and O–H groups in total. The fourth-order valence-electron chi connectivity index (χ4n) is 3.71. The van der Waals surface area contributed by atoms with Crippen LogP contribution in [0.2, 0.25) is 0 Å². The van der Waals surface area contributed by atoms with Gasteiger partial charge in [-0.1, -0.05) is 37.3 Å². The summed E-state index contributed by atoms with van der Waals surface area (Å²) in [7, 11) is -2.63. The molecular weight excluding hydrogens is 516 g/mol. The van der Waals surface area contributed by atoms with Gasteiger partial charge in [-0.2, -0.15) is 4.72 Å². The molecule has 0 aliphatic carbocycles. The number of methoxy groups -OCH3 is 1. The Labute approximate surface area is 223 Å². The highest BCUT2D eigenvalue weighted by molar-refractivity contribution is 7.89. The second-order valence-electron chi connectivity index (χ2n) is 8.89. The highest BCUT2D eigenvalue weighted by Crippen LogP contribution is 2.19. The molecular formula is C26H36N2O9S. The number of carbonyl (C=O) groups is 1. The lowest BCUT2D eigenvalue weighted by molar-refractivity contribution is -0.152. The Morgan fingerprint density at radius 3 is 2.37 bits per heavy atom. The molecule has 210 valence electrons. The summed E-state index contributed by atoms with van der Waals surface area (Å²) >= 11 is 0. The van der Waals surface area contributed by atoms with Crippen LogP contribution >= 0.6 is 0 Å². The highest BCUT2D eigenvalue weighted by Gasteiger charge is 2.35. The summed E-state index contributed by atoms with van der Waals surface area (Å²) in [6.07, 6.45) is -3.93. The summed E-state index contributed by atoms with van der Waals surface area (Å²) in [5, 5.41) is 14.1. The van der Waals surface area contributed by atoms with E-state index in [2.05, 4.69) is 10.0 Å². The zero-order chi connectivity index (χ0) is 27.5. The summed E-state index contributed by atoms with van der Waals surface area (Å²) in [5.74, 6) is 0.496. The van der Waals surface area contributed by atoms with Crippen molar-refractivity contribution >= 4 is 16.1 Å². The molecule has 0 aromatic heterocycles. The van der Waals surface area contributed by atoms with Crippen LogP contribution in [-0.2, 0) is 35.4 Å². The zero-order valence-electron chi connectivity index (χ0n) is 21.7. The number of alkyl carbamates (subject to hydrolysis) is 1. The second kappa shape index (κ2) is 14.4. The lowest BCUT2D eigenvalue weighted by Gasteiger charge is -2.33. The quantitative estimate of drug-likeness (QED) is 0.319. The first-order chi connectivity index (χ1) is 18.2. The van der Waals surface area contributed by atoms with Crippen molar-refractivity contribution in [2.24, 2.45) is 0 Å². The molecule has 0 saturated carbocycles. The Hall–Kier alpha value is -2.74. The van der Waals surface area contributed by atoms with Crippen LogP contribution in [0.3, 0.4) is 0 Å². The molecule has 1 heterocycles. The summed E-state index contributed by atoms with van der Waals surface area (Å²) < 4.78 is 55.6. The van der Waals surface area contributed by atoms with E-state index in [-0.39, 0.29) is 31.3 Å². The lowest BCUT2D eigenvalue weighted by Crippen LogP contribution is -2.57. The Morgan fingerprint density at radius 2 is 1.76 bits per heavy atom. The maximum absolute atomic E-state index is 13.2.